The summed E-state index contributed by atoms with van der Waals surface area (Å²) >= 11 is 0. The molecule has 2 aromatic rings. The Bertz CT molecular complexity index is 586. The van der Waals surface area contributed by atoms with Crippen molar-refractivity contribution in [2.75, 3.05) is 12.3 Å². The lowest BCUT2D eigenvalue weighted by atomic mass is 10.0. The maximum absolute atomic E-state index is 13.9. The maximum atomic E-state index is 13.9. The topological polar surface area (TPSA) is 61.0 Å². The highest BCUT2D eigenvalue weighted by Gasteiger charge is 2.20. The summed E-state index contributed by atoms with van der Waals surface area (Å²) in [5, 5.41) is 0. The monoisotopic (exact) mass is 231 g/mol. The summed E-state index contributed by atoms with van der Waals surface area (Å²) in [5.74, 6) is 0.0563. The molecule has 0 aliphatic carbocycles. The molecule has 86 valence electrons. The molecule has 17 heavy (non-hydrogen) atoms. The molecule has 0 unspecified atom stereocenters. The van der Waals surface area contributed by atoms with Gasteiger partial charge in [-0.2, -0.15) is 0 Å². The van der Waals surface area contributed by atoms with Gasteiger partial charge in [0.15, 0.2) is 11.6 Å². The first-order valence-corrected chi connectivity index (χ1v) is 5.27. The van der Waals surface area contributed by atoms with Crippen LogP contribution in [-0.2, 0) is 6.42 Å². The number of halogens is 1. The van der Waals surface area contributed by atoms with Crippen molar-refractivity contribution in [3.8, 4) is 16.9 Å². The van der Waals surface area contributed by atoms with Gasteiger partial charge in [0.25, 0.3) is 0 Å². The second-order valence-corrected chi connectivity index (χ2v) is 3.83. The van der Waals surface area contributed by atoms with Crippen LogP contribution in [0.4, 0.5) is 10.2 Å². The number of nitrogens with two attached hydrogens (primary N) is 1. The van der Waals surface area contributed by atoms with E-state index in [9.17, 15) is 4.39 Å². The van der Waals surface area contributed by atoms with Crippen LogP contribution in [-0.4, -0.2) is 16.6 Å². The van der Waals surface area contributed by atoms with E-state index in [1.165, 1.54) is 6.20 Å². The van der Waals surface area contributed by atoms with E-state index in [4.69, 9.17) is 10.5 Å². The lowest BCUT2D eigenvalue weighted by molar-refractivity contribution is 0.358. The molecule has 0 radical (unpaired) electrons. The van der Waals surface area contributed by atoms with Gasteiger partial charge >= 0.3 is 0 Å². The van der Waals surface area contributed by atoms with E-state index in [1.807, 2.05) is 0 Å². The fourth-order valence-corrected chi connectivity index (χ4v) is 1.96. The minimum Gasteiger partial charge on any atom is -0.492 e. The Morgan fingerprint density at radius 3 is 3.06 bits per heavy atom. The molecule has 0 fully saturated rings. The van der Waals surface area contributed by atoms with Crippen LogP contribution < -0.4 is 10.5 Å². The van der Waals surface area contributed by atoms with Crippen molar-refractivity contribution in [2.45, 2.75) is 6.42 Å². The second kappa shape index (κ2) is 3.69. The van der Waals surface area contributed by atoms with E-state index in [-0.39, 0.29) is 5.82 Å². The maximum Gasteiger partial charge on any atom is 0.173 e. The summed E-state index contributed by atoms with van der Waals surface area (Å²) in [6.07, 6.45) is 5.61. The molecular weight excluding hydrogens is 221 g/mol. The van der Waals surface area contributed by atoms with Crippen LogP contribution in [0.15, 0.2) is 24.7 Å². The fraction of sp³-hybridized carbons (Fsp3) is 0.167. The summed E-state index contributed by atoms with van der Waals surface area (Å²) < 4.78 is 19.4. The van der Waals surface area contributed by atoms with Crippen LogP contribution in [0.2, 0.25) is 0 Å². The predicted octanol–water partition coefficient (Wildman–Crippen LogP) is 1.80. The van der Waals surface area contributed by atoms with Crippen molar-refractivity contribution >= 4 is 5.82 Å². The summed E-state index contributed by atoms with van der Waals surface area (Å²) in [6.45, 7) is 0.607. The summed E-state index contributed by atoms with van der Waals surface area (Å²) in [4.78, 5) is 7.80. The van der Waals surface area contributed by atoms with Crippen LogP contribution in [0.25, 0.3) is 11.1 Å². The van der Waals surface area contributed by atoms with E-state index >= 15 is 0 Å². The molecule has 0 aromatic carbocycles. The average molecular weight is 231 g/mol. The molecule has 2 N–H and O–H groups in total. The number of hydrogen-bond donors (Lipinski definition) is 1. The Balaban J connectivity index is 2.23. The number of fused-ring (bicyclic) bond motifs is 1. The molecule has 1 aliphatic rings. The number of pyridine rings is 2. The van der Waals surface area contributed by atoms with E-state index in [0.29, 0.717) is 23.5 Å². The molecule has 0 saturated carbocycles. The highest BCUT2D eigenvalue weighted by atomic mass is 19.1. The van der Waals surface area contributed by atoms with Crippen LogP contribution in [0, 0.1) is 5.82 Å². The van der Waals surface area contributed by atoms with Gasteiger partial charge in [0.05, 0.1) is 6.61 Å². The van der Waals surface area contributed by atoms with Crippen LogP contribution in [0.5, 0.6) is 5.75 Å². The van der Waals surface area contributed by atoms with Crippen LogP contribution in [0.3, 0.4) is 0 Å². The van der Waals surface area contributed by atoms with E-state index < -0.39 is 5.82 Å². The fourth-order valence-electron chi connectivity index (χ4n) is 1.96. The van der Waals surface area contributed by atoms with Gasteiger partial charge in [-0.15, -0.1) is 0 Å². The molecule has 3 heterocycles. The number of anilines is 1. The lowest BCUT2D eigenvalue weighted by Crippen LogP contribution is -1.98. The lowest BCUT2D eigenvalue weighted by Gasteiger charge is -2.08. The van der Waals surface area contributed by atoms with Crippen LogP contribution in [0.1, 0.15) is 5.56 Å². The van der Waals surface area contributed by atoms with Gasteiger partial charge in [-0.1, -0.05) is 0 Å². The molecule has 2 aromatic heterocycles. The third kappa shape index (κ3) is 1.51. The van der Waals surface area contributed by atoms with Crippen molar-refractivity contribution in [3.05, 3.63) is 36.0 Å². The van der Waals surface area contributed by atoms with Crippen molar-refractivity contribution in [3.63, 3.8) is 0 Å². The van der Waals surface area contributed by atoms with Crippen molar-refractivity contribution in [1.29, 1.82) is 0 Å². The Morgan fingerprint density at radius 1 is 1.29 bits per heavy atom. The summed E-state index contributed by atoms with van der Waals surface area (Å²) in [7, 11) is 0. The van der Waals surface area contributed by atoms with E-state index in [0.717, 1.165) is 12.0 Å². The third-order valence-corrected chi connectivity index (χ3v) is 2.79. The third-order valence-electron chi connectivity index (χ3n) is 2.79. The van der Waals surface area contributed by atoms with Crippen molar-refractivity contribution in [2.24, 2.45) is 0 Å². The quantitative estimate of drug-likeness (QED) is 0.812. The standard InChI is InChI=1S/C12H10FN3O/c13-10-8(1-3-16-12(10)14)9-6-15-5-7-2-4-17-11(7)9/h1,3,5-6H,2,4H2,(H2,14,16). The molecule has 0 saturated heterocycles. The first kappa shape index (κ1) is 10.0. The van der Waals surface area contributed by atoms with Gasteiger partial charge in [0.2, 0.25) is 0 Å². The average Bonchev–Trinajstić information content (AvgIpc) is 2.81. The number of aromatic nitrogens is 2. The number of hydrogen-bond acceptors (Lipinski definition) is 4. The Morgan fingerprint density at radius 2 is 2.18 bits per heavy atom. The summed E-state index contributed by atoms with van der Waals surface area (Å²) in [6, 6.07) is 1.57. The first-order chi connectivity index (χ1) is 8.27. The van der Waals surface area contributed by atoms with Gasteiger partial charge < -0.3 is 10.5 Å². The van der Waals surface area contributed by atoms with Crippen molar-refractivity contribution in [1.82, 2.24) is 9.97 Å². The smallest absolute Gasteiger partial charge is 0.173 e. The van der Waals surface area contributed by atoms with E-state index in [2.05, 4.69) is 9.97 Å². The molecule has 0 bridgehead atoms. The minimum absolute atomic E-state index is 0.113. The molecule has 3 rings (SSSR count). The number of rotatable bonds is 1. The molecule has 5 heteroatoms. The molecule has 1 aliphatic heterocycles. The highest BCUT2D eigenvalue weighted by molar-refractivity contribution is 5.73. The molecule has 0 spiro atoms. The largest absolute Gasteiger partial charge is 0.492 e. The van der Waals surface area contributed by atoms with E-state index in [1.54, 1.807) is 18.5 Å². The Kier molecular flexibility index (Phi) is 2.18. The number of ether oxygens (including phenoxy) is 1. The van der Waals surface area contributed by atoms with Gasteiger partial charge in [0, 0.05) is 41.7 Å². The zero-order chi connectivity index (χ0) is 11.8. The van der Waals surface area contributed by atoms with Gasteiger partial charge in [-0.05, 0) is 6.07 Å². The van der Waals surface area contributed by atoms with Crippen molar-refractivity contribution < 1.29 is 9.13 Å². The number of nitrogens with zero attached hydrogens (tertiary/aromatic N) is 2. The SMILES string of the molecule is Nc1nccc(-c2cncc3c2OCC3)c1F. The van der Waals surface area contributed by atoms with Gasteiger partial charge in [0.1, 0.15) is 5.75 Å². The molecular formula is C12H10FN3O. The Labute approximate surface area is 97.3 Å². The molecule has 0 amide bonds. The Hall–Kier alpha value is -2.17. The zero-order valence-electron chi connectivity index (χ0n) is 8.98. The normalized spacial score (nSPS) is 13.2. The zero-order valence-corrected chi connectivity index (χ0v) is 8.98. The molecule has 0 atom stereocenters. The van der Waals surface area contributed by atoms with Gasteiger partial charge in [-0.3, -0.25) is 4.98 Å². The minimum atomic E-state index is -0.529. The first-order valence-electron chi connectivity index (χ1n) is 5.27. The molecule has 4 nitrogen and oxygen atoms in total. The second-order valence-electron chi connectivity index (χ2n) is 3.83. The number of nitrogen functional groups attached to an aromatic ring is 1. The van der Waals surface area contributed by atoms with Gasteiger partial charge in [-0.25, -0.2) is 9.37 Å². The highest BCUT2D eigenvalue weighted by Crippen LogP contribution is 2.37. The predicted molar refractivity (Wildman–Crippen MR) is 61.0 cm³/mol. The summed E-state index contributed by atoms with van der Waals surface area (Å²) in [5.41, 5.74) is 7.46. The van der Waals surface area contributed by atoms with Crippen LogP contribution >= 0.6 is 0 Å².